The molecule has 3 aromatic heterocycles. The number of thiophene rings is 1. The third-order valence-electron chi connectivity index (χ3n) is 9.39. The normalized spacial score (nSPS) is 11.9. The fourth-order valence-corrected chi connectivity index (χ4v) is 8.58. The predicted molar refractivity (Wildman–Crippen MR) is 197 cm³/mol. The Labute approximate surface area is 269 Å². The molecule has 7 aromatic carbocycles. The second-order valence-corrected chi connectivity index (χ2v) is 13.0. The number of benzene rings is 7. The third-order valence-corrected chi connectivity index (χ3v) is 10.6. The van der Waals surface area contributed by atoms with Crippen LogP contribution in [-0.2, 0) is 0 Å². The minimum absolute atomic E-state index is 1.00. The summed E-state index contributed by atoms with van der Waals surface area (Å²) in [5, 5.41) is 8.71. The van der Waals surface area contributed by atoms with Crippen LogP contribution < -0.4 is 0 Å². The summed E-state index contributed by atoms with van der Waals surface area (Å²) in [7, 11) is 0. The van der Waals surface area contributed by atoms with Gasteiger partial charge in [0.1, 0.15) is 0 Å². The Hall–Kier alpha value is -5.77. The first-order valence-electron chi connectivity index (χ1n) is 15.6. The van der Waals surface area contributed by atoms with Crippen LogP contribution in [0.1, 0.15) is 0 Å². The summed E-state index contributed by atoms with van der Waals surface area (Å²) in [4.78, 5) is 5.21. The first-order valence-corrected chi connectivity index (χ1v) is 16.5. The van der Waals surface area contributed by atoms with E-state index in [1.807, 2.05) is 11.3 Å². The van der Waals surface area contributed by atoms with Gasteiger partial charge in [-0.1, -0.05) is 127 Å². The average molecular weight is 603 g/mol. The molecule has 214 valence electrons. The van der Waals surface area contributed by atoms with Gasteiger partial charge in [-0.3, -0.25) is 0 Å². The Morgan fingerprint density at radius 1 is 0.457 bits per heavy atom. The zero-order valence-electron chi connectivity index (χ0n) is 24.8. The molecule has 0 unspecified atom stereocenters. The van der Waals surface area contributed by atoms with E-state index >= 15 is 0 Å². The van der Waals surface area contributed by atoms with Crippen LogP contribution in [0.2, 0.25) is 0 Å². The molecule has 0 N–H and O–H groups in total. The summed E-state index contributed by atoms with van der Waals surface area (Å²) < 4.78 is 5.12. The second kappa shape index (κ2) is 9.87. The Balaban J connectivity index is 1.26. The molecule has 2 nitrogen and oxygen atoms in total. The Kier molecular flexibility index (Phi) is 5.48. The third kappa shape index (κ3) is 3.67. The molecule has 10 aromatic rings. The fourth-order valence-electron chi connectivity index (χ4n) is 7.34. The van der Waals surface area contributed by atoms with Gasteiger partial charge in [-0.25, -0.2) is 4.98 Å². The standard InChI is InChI=1S/C43H26N2S/c1-2-11-28(12-3-1)41-36-26-25-33-31-13-5-8-19-38(31)45(42(33)40(36)35-15-4-7-18-37(35)44-41)29-23-21-27(22-24-29)30-16-10-17-34-32-14-6-9-20-39(32)46-43(30)34/h1-26H. The van der Waals surface area contributed by atoms with Crippen molar-refractivity contribution in [1.29, 1.82) is 0 Å². The molecule has 0 aliphatic carbocycles. The molecule has 0 atom stereocenters. The maximum Gasteiger partial charge on any atom is 0.0788 e. The fraction of sp³-hybridized carbons (Fsp3) is 0. The van der Waals surface area contributed by atoms with E-state index in [1.165, 1.54) is 63.9 Å². The van der Waals surface area contributed by atoms with Crippen molar-refractivity contribution in [2.24, 2.45) is 0 Å². The van der Waals surface area contributed by atoms with Crippen molar-refractivity contribution in [3.05, 3.63) is 158 Å². The van der Waals surface area contributed by atoms with Crippen LogP contribution >= 0.6 is 11.3 Å². The van der Waals surface area contributed by atoms with E-state index in [9.17, 15) is 0 Å². The molecule has 3 heteroatoms. The highest BCUT2D eigenvalue weighted by atomic mass is 32.1. The topological polar surface area (TPSA) is 17.8 Å². The lowest BCUT2D eigenvalue weighted by Crippen LogP contribution is -1.96. The van der Waals surface area contributed by atoms with E-state index in [-0.39, 0.29) is 0 Å². The number of para-hydroxylation sites is 2. The van der Waals surface area contributed by atoms with Gasteiger partial charge < -0.3 is 4.57 Å². The molecule has 0 amide bonds. The molecule has 3 heterocycles. The summed E-state index contributed by atoms with van der Waals surface area (Å²) >= 11 is 1.88. The minimum atomic E-state index is 1.00. The maximum atomic E-state index is 5.21. The van der Waals surface area contributed by atoms with Gasteiger partial charge in [-0.15, -0.1) is 11.3 Å². The first kappa shape index (κ1) is 25.5. The zero-order valence-corrected chi connectivity index (χ0v) is 25.6. The number of hydrogen-bond donors (Lipinski definition) is 0. The van der Waals surface area contributed by atoms with Crippen molar-refractivity contribution in [3.8, 4) is 28.1 Å². The number of hydrogen-bond acceptors (Lipinski definition) is 2. The average Bonchev–Trinajstić information content (AvgIpc) is 3.68. The summed E-state index contributed by atoms with van der Waals surface area (Å²) in [5.41, 5.74) is 9.22. The van der Waals surface area contributed by atoms with Crippen LogP contribution in [0, 0.1) is 0 Å². The summed E-state index contributed by atoms with van der Waals surface area (Å²) in [6.07, 6.45) is 0. The second-order valence-electron chi connectivity index (χ2n) is 11.9. The summed E-state index contributed by atoms with van der Waals surface area (Å²) in [6, 6.07) is 57.0. The largest absolute Gasteiger partial charge is 0.309 e. The molecule has 46 heavy (non-hydrogen) atoms. The van der Waals surface area contributed by atoms with Crippen LogP contribution in [0.15, 0.2) is 158 Å². The zero-order chi connectivity index (χ0) is 30.2. The van der Waals surface area contributed by atoms with E-state index in [1.54, 1.807) is 0 Å². The highest BCUT2D eigenvalue weighted by Crippen LogP contribution is 2.43. The lowest BCUT2D eigenvalue weighted by atomic mass is 9.97. The van der Waals surface area contributed by atoms with Crippen molar-refractivity contribution in [1.82, 2.24) is 9.55 Å². The molecular formula is C43H26N2S. The molecular weight excluding hydrogens is 577 g/mol. The maximum absolute atomic E-state index is 5.21. The van der Waals surface area contributed by atoms with Gasteiger partial charge in [0.05, 0.1) is 22.2 Å². The predicted octanol–water partition coefficient (Wildman–Crippen LogP) is 12.2. The first-order chi connectivity index (χ1) is 22.8. The molecule has 0 saturated heterocycles. The number of rotatable bonds is 3. The highest BCUT2D eigenvalue weighted by molar-refractivity contribution is 7.26. The Bertz CT molecular complexity index is 2790. The Morgan fingerprint density at radius 3 is 2.02 bits per heavy atom. The van der Waals surface area contributed by atoms with Crippen LogP contribution in [0.3, 0.4) is 0 Å². The van der Waals surface area contributed by atoms with Crippen LogP contribution in [0.25, 0.3) is 91.7 Å². The van der Waals surface area contributed by atoms with Gasteiger partial charge in [-0.2, -0.15) is 0 Å². The summed E-state index contributed by atoms with van der Waals surface area (Å²) in [5.74, 6) is 0. The van der Waals surface area contributed by atoms with E-state index in [4.69, 9.17) is 4.98 Å². The Morgan fingerprint density at radius 2 is 1.15 bits per heavy atom. The highest BCUT2D eigenvalue weighted by Gasteiger charge is 2.20. The minimum Gasteiger partial charge on any atom is -0.309 e. The van der Waals surface area contributed by atoms with Gasteiger partial charge in [0.15, 0.2) is 0 Å². The number of nitrogens with zero attached hydrogens (tertiary/aromatic N) is 2. The van der Waals surface area contributed by atoms with Crippen molar-refractivity contribution in [2.45, 2.75) is 0 Å². The van der Waals surface area contributed by atoms with Gasteiger partial charge in [0.2, 0.25) is 0 Å². The van der Waals surface area contributed by atoms with Crippen molar-refractivity contribution in [2.75, 3.05) is 0 Å². The summed E-state index contributed by atoms with van der Waals surface area (Å²) in [6.45, 7) is 0. The van der Waals surface area contributed by atoms with E-state index in [0.717, 1.165) is 27.8 Å². The molecule has 0 radical (unpaired) electrons. The number of pyridine rings is 1. The van der Waals surface area contributed by atoms with Crippen LogP contribution in [0.5, 0.6) is 0 Å². The van der Waals surface area contributed by atoms with Crippen LogP contribution in [0.4, 0.5) is 0 Å². The number of fused-ring (bicyclic) bond motifs is 10. The lowest BCUT2D eigenvalue weighted by molar-refractivity contribution is 1.19. The quantitative estimate of drug-likeness (QED) is 0.184. The lowest BCUT2D eigenvalue weighted by Gasteiger charge is -2.15. The van der Waals surface area contributed by atoms with Crippen molar-refractivity contribution < 1.29 is 0 Å². The van der Waals surface area contributed by atoms with Gasteiger partial charge >= 0.3 is 0 Å². The SMILES string of the molecule is c1ccc(-c2nc3ccccc3c3c2ccc2c4ccccc4n(-c4ccc(-c5cccc6c5sc5ccccc56)cc4)c23)cc1. The monoisotopic (exact) mass is 602 g/mol. The molecule has 0 fully saturated rings. The molecule has 0 saturated carbocycles. The smallest absolute Gasteiger partial charge is 0.0788 e. The van der Waals surface area contributed by atoms with Gasteiger partial charge in [-0.05, 0) is 41.5 Å². The van der Waals surface area contributed by atoms with Crippen molar-refractivity contribution >= 4 is 75.0 Å². The molecule has 0 aliphatic rings. The molecule has 0 spiro atoms. The molecule has 0 bridgehead atoms. The molecule has 10 rings (SSSR count). The van der Waals surface area contributed by atoms with E-state index in [0.29, 0.717) is 0 Å². The molecule has 0 aliphatic heterocycles. The van der Waals surface area contributed by atoms with Gasteiger partial charge in [0, 0.05) is 58.4 Å². The van der Waals surface area contributed by atoms with E-state index in [2.05, 4.69) is 162 Å². The van der Waals surface area contributed by atoms with Crippen molar-refractivity contribution in [3.63, 3.8) is 0 Å². The number of aromatic nitrogens is 2. The van der Waals surface area contributed by atoms with Gasteiger partial charge in [0.25, 0.3) is 0 Å². The van der Waals surface area contributed by atoms with E-state index < -0.39 is 0 Å². The van der Waals surface area contributed by atoms with Crippen LogP contribution in [-0.4, -0.2) is 9.55 Å².